The molecule has 0 radical (unpaired) electrons. The molecule has 1 atom stereocenters. The van der Waals surface area contributed by atoms with Crippen molar-refractivity contribution in [2.75, 3.05) is 10.6 Å². The highest BCUT2D eigenvalue weighted by molar-refractivity contribution is 5.94. The molecule has 1 aliphatic rings. The molecule has 0 bridgehead atoms. The van der Waals surface area contributed by atoms with E-state index in [4.69, 9.17) is 0 Å². The molecule has 0 spiro atoms. The number of nitrogens with zero attached hydrogens (tertiary/aromatic N) is 2. The fourth-order valence-corrected chi connectivity index (χ4v) is 2.39. The van der Waals surface area contributed by atoms with E-state index in [1.165, 1.54) is 0 Å². The number of imidazole rings is 1. The summed E-state index contributed by atoms with van der Waals surface area (Å²) in [5.74, 6) is 1.32. The Morgan fingerprint density at radius 3 is 2.81 bits per heavy atom. The Hall–Kier alpha value is -2.30. The number of benzene rings is 1. The Balaban J connectivity index is 1.68. The van der Waals surface area contributed by atoms with Crippen molar-refractivity contribution < 1.29 is 4.79 Å². The highest BCUT2D eigenvalue weighted by atomic mass is 16.2. The van der Waals surface area contributed by atoms with Gasteiger partial charge in [0.15, 0.2) is 0 Å². The van der Waals surface area contributed by atoms with Gasteiger partial charge in [0.2, 0.25) is 5.91 Å². The fourth-order valence-electron chi connectivity index (χ4n) is 2.39. The van der Waals surface area contributed by atoms with Crippen molar-refractivity contribution in [1.29, 1.82) is 0 Å². The minimum absolute atomic E-state index is 0.0967. The maximum absolute atomic E-state index is 11.8. The predicted octanol–water partition coefficient (Wildman–Crippen LogP) is 2.94. The summed E-state index contributed by atoms with van der Waals surface area (Å²) in [6, 6.07) is 7.90. The number of carbonyl (C=O) groups excluding carboxylic acids is 1. The Labute approximate surface area is 124 Å². The first-order valence-corrected chi connectivity index (χ1v) is 7.28. The smallest absolute Gasteiger partial charge is 0.227 e. The van der Waals surface area contributed by atoms with Crippen LogP contribution in [-0.4, -0.2) is 15.5 Å². The van der Waals surface area contributed by atoms with E-state index in [1.54, 1.807) is 6.20 Å². The van der Waals surface area contributed by atoms with E-state index in [0.29, 0.717) is 0 Å². The number of carbonyl (C=O) groups is 1. The van der Waals surface area contributed by atoms with E-state index < -0.39 is 0 Å². The van der Waals surface area contributed by atoms with Crippen LogP contribution in [0.15, 0.2) is 36.7 Å². The van der Waals surface area contributed by atoms with Gasteiger partial charge in [-0.25, -0.2) is 4.98 Å². The monoisotopic (exact) mass is 284 g/mol. The molecule has 1 saturated carbocycles. The van der Waals surface area contributed by atoms with Crippen LogP contribution in [0.5, 0.6) is 0 Å². The Morgan fingerprint density at radius 2 is 2.14 bits per heavy atom. The maximum Gasteiger partial charge on any atom is 0.227 e. The summed E-state index contributed by atoms with van der Waals surface area (Å²) in [5, 5.41) is 6.37. The van der Waals surface area contributed by atoms with Gasteiger partial charge in [0.05, 0.1) is 6.04 Å². The van der Waals surface area contributed by atoms with Gasteiger partial charge in [0, 0.05) is 36.7 Å². The molecule has 1 fully saturated rings. The number of aryl methyl sites for hydroxylation is 1. The summed E-state index contributed by atoms with van der Waals surface area (Å²) < 4.78 is 2.00. The number of rotatable bonds is 5. The molecule has 1 amide bonds. The summed E-state index contributed by atoms with van der Waals surface area (Å²) in [4.78, 5) is 16.1. The predicted molar refractivity (Wildman–Crippen MR) is 83.0 cm³/mol. The van der Waals surface area contributed by atoms with Crippen LogP contribution in [0.25, 0.3) is 0 Å². The molecule has 0 saturated heterocycles. The minimum atomic E-state index is 0.0967. The highest BCUT2D eigenvalue weighted by Gasteiger charge is 2.29. The number of nitrogens with one attached hydrogen (secondary N) is 2. The van der Waals surface area contributed by atoms with Crippen molar-refractivity contribution in [2.24, 2.45) is 13.0 Å². The number of amides is 1. The molecule has 2 N–H and O–H groups in total. The van der Waals surface area contributed by atoms with E-state index in [1.807, 2.05) is 42.1 Å². The molecule has 1 aliphatic carbocycles. The average Bonchev–Trinajstić information content (AvgIpc) is 3.21. The van der Waals surface area contributed by atoms with Gasteiger partial charge in [-0.3, -0.25) is 4.79 Å². The number of anilines is 2. The van der Waals surface area contributed by atoms with E-state index in [9.17, 15) is 4.79 Å². The number of hydrogen-bond acceptors (Lipinski definition) is 3. The zero-order valence-electron chi connectivity index (χ0n) is 12.3. The molecule has 1 heterocycles. The summed E-state index contributed by atoms with van der Waals surface area (Å²) in [6.07, 6.45) is 5.75. The summed E-state index contributed by atoms with van der Waals surface area (Å²) >= 11 is 0. The molecular weight excluding hydrogens is 264 g/mol. The van der Waals surface area contributed by atoms with Crippen LogP contribution in [0, 0.1) is 5.92 Å². The van der Waals surface area contributed by atoms with Crippen LogP contribution in [0.1, 0.15) is 31.6 Å². The van der Waals surface area contributed by atoms with Crippen LogP contribution >= 0.6 is 0 Å². The highest BCUT2D eigenvalue weighted by Crippen LogP contribution is 2.30. The summed E-state index contributed by atoms with van der Waals surface area (Å²) in [6.45, 7) is 2.07. The molecule has 1 unspecified atom stereocenters. The van der Waals surface area contributed by atoms with Crippen molar-refractivity contribution in [2.45, 2.75) is 25.8 Å². The molecule has 5 nitrogen and oxygen atoms in total. The van der Waals surface area contributed by atoms with Crippen LogP contribution < -0.4 is 10.6 Å². The molecule has 110 valence electrons. The first kappa shape index (κ1) is 13.7. The topological polar surface area (TPSA) is 58.9 Å². The quantitative estimate of drug-likeness (QED) is 0.887. The second-order valence-electron chi connectivity index (χ2n) is 5.61. The van der Waals surface area contributed by atoms with Crippen molar-refractivity contribution in [3.63, 3.8) is 0 Å². The SMILES string of the molecule is CC(Nc1cccc(NC(=O)C2CC2)c1)c1nccn1C. The summed E-state index contributed by atoms with van der Waals surface area (Å²) in [5.41, 5.74) is 1.81. The van der Waals surface area contributed by atoms with Gasteiger partial charge in [-0.05, 0) is 38.0 Å². The van der Waals surface area contributed by atoms with Crippen molar-refractivity contribution in [1.82, 2.24) is 9.55 Å². The van der Waals surface area contributed by atoms with Crippen LogP contribution in [0.3, 0.4) is 0 Å². The maximum atomic E-state index is 11.8. The fraction of sp³-hybridized carbons (Fsp3) is 0.375. The van der Waals surface area contributed by atoms with Gasteiger partial charge >= 0.3 is 0 Å². The Kier molecular flexibility index (Phi) is 3.64. The third-order valence-corrected chi connectivity index (χ3v) is 3.71. The van der Waals surface area contributed by atoms with E-state index >= 15 is 0 Å². The largest absolute Gasteiger partial charge is 0.375 e. The normalized spacial score (nSPS) is 15.5. The van der Waals surface area contributed by atoms with E-state index in [-0.39, 0.29) is 17.9 Å². The van der Waals surface area contributed by atoms with Crippen LogP contribution in [0.2, 0.25) is 0 Å². The van der Waals surface area contributed by atoms with Gasteiger partial charge < -0.3 is 15.2 Å². The van der Waals surface area contributed by atoms with Crippen LogP contribution in [-0.2, 0) is 11.8 Å². The number of hydrogen-bond donors (Lipinski definition) is 2. The van der Waals surface area contributed by atoms with Crippen molar-refractivity contribution in [3.05, 3.63) is 42.5 Å². The lowest BCUT2D eigenvalue weighted by atomic mass is 10.2. The van der Waals surface area contributed by atoms with E-state index in [2.05, 4.69) is 22.5 Å². The van der Waals surface area contributed by atoms with E-state index in [0.717, 1.165) is 30.0 Å². The lowest BCUT2D eigenvalue weighted by molar-refractivity contribution is -0.117. The lowest BCUT2D eigenvalue weighted by Gasteiger charge is -2.16. The zero-order valence-corrected chi connectivity index (χ0v) is 12.3. The minimum Gasteiger partial charge on any atom is -0.375 e. The zero-order chi connectivity index (χ0) is 14.8. The van der Waals surface area contributed by atoms with Gasteiger partial charge in [-0.2, -0.15) is 0 Å². The standard InChI is InChI=1S/C16H20N4O/c1-11(15-17-8-9-20(15)2)18-13-4-3-5-14(10-13)19-16(21)12-6-7-12/h3-5,8-12,18H,6-7H2,1-2H3,(H,19,21). The molecule has 0 aliphatic heterocycles. The summed E-state index contributed by atoms with van der Waals surface area (Å²) in [7, 11) is 1.98. The molecule has 2 aromatic rings. The van der Waals surface area contributed by atoms with Gasteiger partial charge in [-0.15, -0.1) is 0 Å². The third kappa shape index (κ3) is 3.24. The first-order chi connectivity index (χ1) is 10.1. The molecule has 5 heteroatoms. The van der Waals surface area contributed by atoms with Crippen molar-refractivity contribution in [3.8, 4) is 0 Å². The average molecular weight is 284 g/mol. The molecule has 1 aromatic carbocycles. The van der Waals surface area contributed by atoms with Crippen molar-refractivity contribution >= 4 is 17.3 Å². The van der Waals surface area contributed by atoms with Gasteiger partial charge in [-0.1, -0.05) is 6.07 Å². The van der Waals surface area contributed by atoms with Crippen LogP contribution in [0.4, 0.5) is 11.4 Å². The van der Waals surface area contributed by atoms with Gasteiger partial charge in [0.25, 0.3) is 0 Å². The first-order valence-electron chi connectivity index (χ1n) is 7.28. The number of aromatic nitrogens is 2. The third-order valence-electron chi connectivity index (χ3n) is 3.71. The molecule has 1 aromatic heterocycles. The molecular formula is C16H20N4O. The second kappa shape index (κ2) is 5.60. The molecule has 21 heavy (non-hydrogen) atoms. The second-order valence-corrected chi connectivity index (χ2v) is 5.61. The molecule has 3 rings (SSSR count). The van der Waals surface area contributed by atoms with Gasteiger partial charge in [0.1, 0.15) is 5.82 Å². The lowest BCUT2D eigenvalue weighted by Crippen LogP contribution is -2.14. The Morgan fingerprint density at radius 1 is 1.38 bits per heavy atom. The Bertz CT molecular complexity index is 645.